The highest BCUT2D eigenvalue weighted by atomic mass is 32.2. The lowest BCUT2D eigenvalue weighted by molar-refractivity contribution is -0.152. The van der Waals surface area contributed by atoms with Crippen molar-refractivity contribution in [2.24, 2.45) is 5.92 Å². The van der Waals surface area contributed by atoms with Crippen LogP contribution < -0.4 is 4.72 Å². The van der Waals surface area contributed by atoms with Crippen LogP contribution in [0.5, 0.6) is 0 Å². The number of nitrogens with one attached hydrogen (secondary N) is 1. The molecule has 2 fully saturated rings. The van der Waals surface area contributed by atoms with E-state index in [9.17, 15) is 34.8 Å². The molecule has 0 bridgehead atoms. The summed E-state index contributed by atoms with van der Waals surface area (Å²) in [4.78, 5) is 0. The lowest BCUT2D eigenvalue weighted by Gasteiger charge is -2.21. The summed E-state index contributed by atoms with van der Waals surface area (Å²) in [6.45, 7) is 0.280. The summed E-state index contributed by atoms with van der Waals surface area (Å²) in [7, 11) is -4.28. The van der Waals surface area contributed by atoms with Gasteiger partial charge >= 0.3 is 12.4 Å². The number of sulfonamides is 1. The first-order chi connectivity index (χ1) is 17.8. The number of aromatic nitrogens is 1. The highest BCUT2D eigenvalue weighted by Gasteiger charge is 2.48. The average molecular weight is 563 g/mol. The number of benzene rings is 2. The zero-order valence-electron chi connectivity index (χ0n) is 20.0. The van der Waals surface area contributed by atoms with Crippen molar-refractivity contribution in [2.75, 3.05) is 0 Å². The number of hydrogen-bond donors (Lipinski definition) is 1. The normalized spacial score (nSPS) is 18.4. The van der Waals surface area contributed by atoms with Crippen molar-refractivity contribution >= 4 is 20.9 Å². The third-order valence-electron chi connectivity index (χ3n) is 7.34. The highest BCUT2D eigenvalue weighted by Crippen LogP contribution is 2.43. The van der Waals surface area contributed by atoms with E-state index >= 15 is 4.39 Å². The summed E-state index contributed by atoms with van der Waals surface area (Å²) in [6, 6.07) is 3.70. The van der Waals surface area contributed by atoms with E-state index in [1.807, 2.05) is 0 Å². The van der Waals surface area contributed by atoms with Gasteiger partial charge in [-0.25, -0.2) is 12.8 Å². The molecule has 1 N–H and O–H groups in total. The molecule has 2 aromatic carbocycles. The molecule has 4 nitrogen and oxygen atoms in total. The second kappa shape index (κ2) is 9.55. The SMILES string of the molecule is O=S(=O)(N[C@@H](c1cn(CC2CCCC2)c2cc(-c3ccccc3C(F)(F)F)c(F)cc12)C(F)(F)F)C1CC1. The third kappa shape index (κ3) is 5.29. The lowest BCUT2D eigenvalue weighted by atomic mass is 9.96. The number of alkyl halides is 6. The fourth-order valence-electron chi connectivity index (χ4n) is 5.31. The minimum absolute atomic E-state index is 0.111. The maximum atomic E-state index is 15.4. The summed E-state index contributed by atoms with van der Waals surface area (Å²) in [5.74, 6) is -1.01. The Morgan fingerprint density at radius 1 is 0.947 bits per heavy atom. The Hall–Kier alpha value is -2.60. The largest absolute Gasteiger partial charge is 0.417 e. The van der Waals surface area contributed by atoms with E-state index in [0.717, 1.165) is 56.1 Å². The molecule has 5 rings (SSSR count). The van der Waals surface area contributed by atoms with Crippen molar-refractivity contribution in [1.82, 2.24) is 9.29 Å². The quantitative estimate of drug-likeness (QED) is 0.307. The van der Waals surface area contributed by atoms with Crippen molar-refractivity contribution < 1.29 is 39.2 Å². The van der Waals surface area contributed by atoms with Gasteiger partial charge in [0, 0.05) is 34.8 Å². The first-order valence-corrected chi connectivity index (χ1v) is 13.9. The van der Waals surface area contributed by atoms with Gasteiger partial charge in [0.1, 0.15) is 11.9 Å². The van der Waals surface area contributed by atoms with E-state index in [1.54, 1.807) is 4.72 Å². The van der Waals surface area contributed by atoms with Crippen LogP contribution in [0, 0.1) is 11.7 Å². The highest BCUT2D eigenvalue weighted by molar-refractivity contribution is 7.90. The van der Waals surface area contributed by atoms with Crippen LogP contribution in [0.2, 0.25) is 0 Å². The van der Waals surface area contributed by atoms with Gasteiger partial charge in [0.15, 0.2) is 0 Å². The van der Waals surface area contributed by atoms with Crippen molar-refractivity contribution in [3.8, 4) is 11.1 Å². The molecule has 2 saturated carbocycles. The summed E-state index contributed by atoms with van der Waals surface area (Å²) in [5.41, 5.74) is -2.27. The van der Waals surface area contributed by atoms with E-state index in [2.05, 4.69) is 0 Å². The summed E-state index contributed by atoms with van der Waals surface area (Å²) >= 11 is 0. The Labute approximate surface area is 214 Å². The minimum atomic E-state index is -5.04. The first-order valence-electron chi connectivity index (χ1n) is 12.3. The topological polar surface area (TPSA) is 51.1 Å². The van der Waals surface area contributed by atoms with Gasteiger partial charge in [-0.3, -0.25) is 0 Å². The number of hydrogen-bond acceptors (Lipinski definition) is 2. The maximum Gasteiger partial charge on any atom is 0.417 e. The molecular formula is C26H25F7N2O2S. The van der Waals surface area contributed by atoms with E-state index in [-0.39, 0.29) is 36.2 Å². The van der Waals surface area contributed by atoms with Gasteiger partial charge in [-0.05, 0) is 55.4 Å². The van der Waals surface area contributed by atoms with Gasteiger partial charge in [0.05, 0.1) is 10.8 Å². The fraction of sp³-hybridized carbons (Fsp3) is 0.462. The van der Waals surface area contributed by atoms with Crippen molar-refractivity contribution in [3.63, 3.8) is 0 Å². The Kier molecular flexibility index (Phi) is 6.78. The van der Waals surface area contributed by atoms with E-state index in [1.165, 1.54) is 16.7 Å². The van der Waals surface area contributed by atoms with Crippen LogP contribution in [-0.2, 0) is 22.7 Å². The van der Waals surface area contributed by atoms with Crippen molar-refractivity contribution in [3.05, 3.63) is 59.5 Å². The maximum absolute atomic E-state index is 15.4. The molecule has 2 aliphatic carbocycles. The average Bonchev–Trinajstić information content (AvgIpc) is 3.49. The second-order valence-electron chi connectivity index (χ2n) is 10.1. The molecule has 2 aliphatic rings. The molecular weight excluding hydrogens is 537 g/mol. The second-order valence-corrected chi connectivity index (χ2v) is 12.1. The van der Waals surface area contributed by atoms with Gasteiger partial charge < -0.3 is 4.57 Å². The van der Waals surface area contributed by atoms with Crippen LogP contribution in [0.4, 0.5) is 30.7 Å². The van der Waals surface area contributed by atoms with Crippen LogP contribution in [0.3, 0.4) is 0 Å². The molecule has 3 aromatic rings. The molecule has 0 radical (unpaired) electrons. The molecule has 12 heteroatoms. The van der Waals surface area contributed by atoms with E-state index in [4.69, 9.17) is 0 Å². The molecule has 0 unspecified atom stereocenters. The smallest absolute Gasteiger partial charge is 0.347 e. The number of fused-ring (bicyclic) bond motifs is 1. The Balaban J connectivity index is 1.70. The molecule has 1 aromatic heterocycles. The van der Waals surface area contributed by atoms with Crippen LogP contribution >= 0.6 is 0 Å². The predicted octanol–water partition coefficient (Wildman–Crippen LogP) is 7.34. The van der Waals surface area contributed by atoms with Gasteiger partial charge in [-0.1, -0.05) is 31.0 Å². The molecule has 0 amide bonds. The lowest BCUT2D eigenvalue weighted by Crippen LogP contribution is -2.39. The number of rotatable bonds is 7. The molecule has 206 valence electrons. The first kappa shape index (κ1) is 27.0. The van der Waals surface area contributed by atoms with Crippen LogP contribution in [0.1, 0.15) is 55.7 Å². The molecule has 0 saturated heterocycles. The fourth-order valence-corrected chi connectivity index (χ4v) is 6.85. The predicted molar refractivity (Wildman–Crippen MR) is 128 cm³/mol. The van der Waals surface area contributed by atoms with Gasteiger partial charge in [0.25, 0.3) is 0 Å². The van der Waals surface area contributed by atoms with E-state index < -0.39 is 61.7 Å². The molecule has 0 spiro atoms. The summed E-state index contributed by atoms with van der Waals surface area (Å²) in [6.07, 6.45) is -4.60. The van der Waals surface area contributed by atoms with Gasteiger partial charge in [-0.15, -0.1) is 0 Å². The zero-order valence-corrected chi connectivity index (χ0v) is 20.9. The minimum Gasteiger partial charge on any atom is -0.347 e. The molecule has 1 atom stereocenters. The van der Waals surface area contributed by atoms with Crippen LogP contribution in [-0.4, -0.2) is 24.4 Å². The van der Waals surface area contributed by atoms with E-state index in [0.29, 0.717) is 0 Å². The standard InChI is InChI=1S/C26H25F7N2O2S/c27-22-11-19-20(24(26(31,32)33)34-38(36,37)16-9-10-16)14-35(13-15-5-1-2-6-15)23(19)12-18(22)17-7-3-4-8-21(17)25(28,29)30/h3-4,7-8,11-12,14-16,24,34H,1-2,5-6,9-10,13H2/t24-/m0/s1. The monoisotopic (exact) mass is 562 g/mol. The van der Waals surface area contributed by atoms with Crippen LogP contribution in [0.25, 0.3) is 22.0 Å². The Morgan fingerprint density at radius 2 is 1.61 bits per heavy atom. The Bertz CT molecular complexity index is 1450. The summed E-state index contributed by atoms with van der Waals surface area (Å²) < 4.78 is 127. The van der Waals surface area contributed by atoms with Crippen molar-refractivity contribution in [1.29, 1.82) is 0 Å². The molecule has 0 aliphatic heterocycles. The van der Waals surface area contributed by atoms with Gasteiger partial charge in [-0.2, -0.15) is 31.1 Å². The van der Waals surface area contributed by atoms with Crippen LogP contribution in [0.15, 0.2) is 42.6 Å². The molecule has 1 heterocycles. The zero-order chi connectivity index (χ0) is 27.5. The summed E-state index contributed by atoms with van der Waals surface area (Å²) in [5, 5.41) is -1.11. The third-order valence-corrected chi connectivity index (χ3v) is 9.25. The molecule has 38 heavy (non-hydrogen) atoms. The number of nitrogens with zero attached hydrogens (tertiary/aromatic N) is 1. The Morgan fingerprint density at radius 3 is 2.21 bits per heavy atom. The number of halogens is 7. The van der Waals surface area contributed by atoms with Crippen molar-refractivity contribution in [2.45, 2.75) is 68.7 Å². The van der Waals surface area contributed by atoms with Gasteiger partial charge in [0.2, 0.25) is 10.0 Å².